The number of rotatable bonds is 1. The normalized spacial score (nSPS) is 15.5. The van der Waals surface area contributed by atoms with Crippen LogP contribution in [0.1, 0.15) is 22.8 Å². The maximum absolute atomic E-state index is 12.3. The van der Waals surface area contributed by atoms with Crippen molar-refractivity contribution in [3.05, 3.63) is 29.3 Å². The van der Waals surface area contributed by atoms with Crippen LogP contribution in [0.3, 0.4) is 0 Å². The first-order valence-corrected chi connectivity index (χ1v) is 6.33. The number of aromatic hydroxyl groups is 1. The van der Waals surface area contributed by atoms with E-state index in [1.54, 1.807) is 35.8 Å². The molecule has 5 nitrogen and oxygen atoms in total. The van der Waals surface area contributed by atoms with Crippen molar-refractivity contribution in [2.45, 2.75) is 13.8 Å². The van der Waals surface area contributed by atoms with E-state index in [1.807, 2.05) is 0 Å². The Hall–Kier alpha value is -2.04. The summed E-state index contributed by atoms with van der Waals surface area (Å²) in [6.45, 7) is 5.62. The first-order chi connectivity index (χ1) is 8.99. The van der Waals surface area contributed by atoms with Crippen LogP contribution in [-0.2, 0) is 4.79 Å². The monoisotopic (exact) mass is 262 g/mol. The minimum Gasteiger partial charge on any atom is -0.508 e. The number of hydrogen-bond acceptors (Lipinski definition) is 3. The Morgan fingerprint density at radius 2 is 1.68 bits per heavy atom. The molecule has 2 rings (SSSR count). The third-order valence-corrected chi connectivity index (χ3v) is 3.45. The van der Waals surface area contributed by atoms with E-state index < -0.39 is 0 Å². The van der Waals surface area contributed by atoms with E-state index in [0.717, 1.165) is 5.56 Å². The maximum Gasteiger partial charge on any atom is 0.254 e. The molecule has 0 aliphatic carbocycles. The summed E-state index contributed by atoms with van der Waals surface area (Å²) in [6.07, 6.45) is 0. The number of nitrogens with zero attached hydrogens (tertiary/aromatic N) is 2. The predicted octanol–water partition coefficient (Wildman–Crippen LogP) is 1.00. The SMILES string of the molecule is CC(=O)N1CCN(C(=O)c2ccc(O)cc2C)CC1. The summed E-state index contributed by atoms with van der Waals surface area (Å²) >= 11 is 0. The van der Waals surface area contributed by atoms with Crippen molar-refractivity contribution in [3.8, 4) is 5.75 Å². The van der Waals surface area contributed by atoms with Gasteiger partial charge in [-0.05, 0) is 30.7 Å². The number of phenolic OH excluding ortho intramolecular Hbond substituents is 1. The molecule has 1 fully saturated rings. The number of amides is 2. The van der Waals surface area contributed by atoms with Gasteiger partial charge >= 0.3 is 0 Å². The van der Waals surface area contributed by atoms with Crippen LogP contribution in [0.2, 0.25) is 0 Å². The molecule has 2 amide bonds. The number of aryl methyl sites for hydroxylation is 1. The van der Waals surface area contributed by atoms with Crippen LogP contribution in [0.5, 0.6) is 5.75 Å². The van der Waals surface area contributed by atoms with Crippen LogP contribution >= 0.6 is 0 Å². The first kappa shape index (κ1) is 13.4. The van der Waals surface area contributed by atoms with Gasteiger partial charge in [0.25, 0.3) is 5.91 Å². The maximum atomic E-state index is 12.3. The van der Waals surface area contributed by atoms with Gasteiger partial charge in [0, 0.05) is 38.7 Å². The van der Waals surface area contributed by atoms with E-state index in [2.05, 4.69) is 0 Å². The lowest BCUT2D eigenvalue weighted by molar-refractivity contribution is -0.130. The molecule has 1 heterocycles. The average Bonchev–Trinajstić information content (AvgIpc) is 2.38. The Balaban J connectivity index is 2.07. The Kier molecular flexibility index (Phi) is 3.74. The number of benzene rings is 1. The topological polar surface area (TPSA) is 60.9 Å². The quantitative estimate of drug-likeness (QED) is 0.821. The van der Waals surface area contributed by atoms with Crippen molar-refractivity contribution >= 4 is 11.8 Å². The second kappa shape index (κ2) is 5.30. The number of piperazine rings is 1. The molecular formula is C14H18N2O3. The zero-order chi connectivity index (χ0) is 14.0. The van der Waals surface area contributed by atoms with Crippen LogP contribution in [0, 0.1) is 6.92 Å². The van der Waals surface area contributed by atoms with E-state index in [4.69, 9.17) is 0 Å². The highest BCUT2D eigenvalue weighted by atomic mass is 16.3. The molecule has 0 unspecified atom stereocenters. The summed E-state index contributed by atoms with van der Waals surface area (Å²) in [5.74, 6) is 0.170. The molecule has 5 heteroatoms. The van der Waals surface area contributed by atoms with Gasteiger partial charge in [-0.25, -0.2) is 0 Å². The third-order valence-electron chi connectivity index (χ3n) is 3.45. The molecule has 102 valence electrons. The molecule has 1 aliphatic heterocycles. The fraction of sp³-hybridized carbons (Fsp3) is 0.429. The van der Waals surface area contributed by atoms with Crippen molar-refractivity contribution in [2.24, 2.45) is 0 Å². The predicted molar refractivity (Wildman–Crippen MR) is 71.0 cm³/mol. The van der Waals surface area contributed by atoms with E-state index in [0.29, 0.717) is 31.7 Å². The highest BCUT2D eigenvalue weighted by molar-refractivity contribution is 5.96. The summed E-state index contributed by atoms with van der Waals surface area (Å²) in [4.78, 5) is 27.1. The Labute approximate surface area is 112 Å². The van der Waals surface area contributed by atoms with Crippen LogP contribution < -0.4 is 0 Å². The fourth-order valence-electron chi connectivity index (χ4n) is 2.28. The molecule has 1 aromatic rings. The van der Waals surface area contributed by atoms with E-state index in [-0.39, 0.29) is 17.6 Å². The molecule has 0 bridgehead atoms. The van der Waals surface area contributed by atoms with Crippen molar-refractivity contribution in [1.82, 2.24) is 9.80 Å². The highest BCUT2D eigenvalue weighted by Crippen LogP contribution is 2.18. The molecular weight excluding hydrogens is 244 g/mol. The van der Waals surface area contributed by atoms with Gasteiger partial charge in [-0.3, -0.25) is 9.59 Å². The van der Waals surface area contributed by atoms with Gasteiger partial charge < -0.3 is 14.9 Å². The smallest absolute Gasteiger partial charge is 0.254 e. The summed E-state index contributed by atoms with van der Waals surface area (Å²) < 4.78 is 0. The molecule has 19 heavy (non-hydrogen) atoms. The number of hydrogen-bond donors (Lipinski definition) is 1. The minimum absolute atomic E-state index is 0.0410. The molecule has 0 radical (unpaired) electrons. The Morgan fingerprint density at radius 1 is 1.11 bits per heavy atom. The standard InChI is InChI=1S/C14H18N2O3/c1-10-9-12(18)3-4-13(10)14(19)16-7-5-15(6-8-16)11(2)17/h3-4,9,18H,5-8H2,1-2H3. The fourth-order valence-corrected chi connectivity index (χ4v) is 2.28. The van der Waals surface area contributed by atoms with Crippen molar-refractivity contribution < 1.29 is 14.7 Å². The van der Waals surface area contributed by atoms with Gasteiger partial charge in [-0.1, -0.05) is 0 Å². The molecule has 0 saturated carbocycles. The van der Waals surface area contributed by atoms with Crippen LogP contribution in [0.25, 0.3) is 0 Å². The van der Waals surface area contributed by atoms with Crippen LogP contribution in [0.4, 0.5) is 0 Å². The van der Waals surface area contributed by atoms with Crippen molar-refractivity contribution in [1.29, 1.82) is 0 Å². The molecule has 1 aromatic carbocycles. The van der Waals surface area contributed by atoms with Crippen molar-refractivity contribution in [2.75, 3.05) is 26.2 Å². The minimum atomic E-state index is -0.0410. The van der Waals surface area contributed by atoms with Gasteiger partial charge in [0.2, 0.25) is 5.91 Å². The zero-order valence-corrected chi connectivity index (χ0v) is 11.2. The Bertz CT molecular complexity index is 505. The zero-order valence-electron chi connectivity index (χ0n) is 11.2. The molecule has 0 spiro atoms. The van der Waals surface area contributed by atoms with Gasteiger partial charge in [0.05, 0.1) is 0 Å². The number of phenols is 1. The van der Waals surface area contributed by atoms with Crippen LogP contribution in [-0.4, -0.2) is 52.9 Å². The Morgan fingerprint density at radius 3 is 2.21 bits per heavy atom. The summed E-state index contributed by atoms with van der Waals surface area (Å²) in [7, 11) is 0. The lowest BCUT2D eigenvalue weighted by Crippen LogP contribution is -2.50. The lowest BCUT2D eigenvalue weighted by Gasteiger charge is -2.34. The van der Waals surface area contributed by atoms with Crippen molar-refractivity contribution in [3.63, 3.8) is 0 Å². The second-order valence-corrected chi connectivity index (χ2v) is 4.80. The summed E-state index contributed by atoms with van der Waals surface area (Å²) in [5, 5.41) is 9.36. The molecule has 1 aliphatic rings. The van der Waals surface area contributed by atoms with E-state index in [1.165, 1.54) is 6.07 Å². The lowest BCUT2D eigenvalue weighted by atomic mass is 10.1. The first-order valence-electron chi connectivity index (χ1n) is 6.33. The average molecular weight is 262 g/mol. The van der Waals surface area contributed by atoms with Gasteiger partial charge in [0.1, 0.15) is 5.75 Å². The summed E-state index contributed by atoms with van der Waals surface area (Å²) in [5.41, 5.74) is 1.37. The molecule has 1 saturated heterocycles. The largest absolute Gasteiger partial charge is 0.508 e. The highest BCUT2D eigenvalue weighted by Gasteiger charge is 2.24. The van der Waals surface area contributed by atoms with E-state index >= 15 is 0 Å². The van der Waals surface area contributed by atoms with Gasteiger partial charge in [-0.15, -0.1) is 0 Å². The summed E-state index contributed by atoms with van der Waals surface area (Å²) in [6, 6.07) is 4.75. The molecule has 0 aromatic heterocycles. The second-order valence-electron chi connectivity index (χ2n) is 4.80. The molecule has 0 atom stereocenters. The number of carbonyl (C=O) groups is 2. The van der Waals surface area contributed by atoms with E-state index in [9.17, 15) is 14.7 Å². The number of carbonyl (C=O) groups excluding carboxylic acids is 2. The van der Waals surface area contributed by atoms with Gasteiger partial charge in [0.15, 0.2) is 0 Å². The van der Waals surface area contributed by atoms with Crippen LogP contribution in [0.15, 0.2) is 18.2 Å². The molecule has 1 N–H and O–H groups in total. The third kappa shape index (κ3) is 2.86. The van der Waals surface area contributed by atoms with Gasteiger partial charge in [-0.2, -0.15) is 0 Å².